The van der Waals surface area contributed by atoms with E-state index in [-0.39, 0.29) is 52.2 Å². The minimum atomic E-state index is -2.74. The Labute approximate surface area is 455 Å². The van der Waals surface area contributed by atoms with Gasteiger partial charge in [-0.05, 0) is 107 Å². The van der Waals surface area contributed by atoms with E-state index in [1.54, 1.807) is 91.9 Å². The Hall–Kier alpha value is -8.55. The second-order valence-corrected chi connectivity index (χ2v) is 24.8. The number of amides is 5. The van der Waals surface area contributed by atoms with Crippen molar-refractivity contribution >= 4 is 38.0 Å². The SMILES string of the molecule is CNC(=O)[C@H]1NC(=O)[C@@H](c2ccc(OC)cc2)NC(=O)[C@H](NC(=O)[C@@H](NC(=O)OCc2ccccc2)c2cc(OC)c(C)c(OCc3ccccc3)c2)c2cc(O)c(OC)c(c2)Oc2ccc(cc2)[C@H]1O[Si](C)(C)C(C)(C)C. The van der Waals surface area contributed by atoms with Gasteiger partial charge < -0.3 is 64.5 Å². The summed E-state index contributed by atoms with van der Waals surface area (Å²) >= 11 is 0. The molecule has 78 heavy (non-hydrogen) atoms. The fourth-order valence-electron chi connectivity index (χ4n) is 8.38. The van der Waals surface area contributed by atoms with E-state index in [4.69, 9.17) is 32.8 Å². The molecule has 0 spiro atoms. The summed E-state index contributed by atoms with van der Waals surface area (Å²) in [5.41, 5.74) is 3.03. The van der Waals surface area contributed by atoms with Gasteiger partial charge in [0.25, 0.3) is 0 Å². The molecule has 2 aliphatic rings. The van der Waals surface area contributed by atoms with Crippen LogP contribution < -0.4 is 50.3 Å². The molecule has 18 nitrogen and oxygen atoms in total. The lowest BCUT2D eigenvalue weighted by Gasteiger charge is -2.41. The Kier molecular flexibility index (Phi) is 18.4. The number of methoxy groups -OCH3 is 3. The van der Waals surface area contributed by atoms with Crippen LogP contribution in [0.3, 0.4) is 0 Å². The Balaban J connectivity index is 1.37. The molecule has 0 saturated carbocycles. The van der Waals surface area contributed by atoms with Crippen LogP contribution in [0.2, 0.25) is 18.1 Å². The molecule has 8 rings (SSSR count). The van der Waals surface area contributed by atoms with Gasteiger partial charge in [0.15, 0.2) is 19.8 Å². The summed E-state index contributed by atoms with van der Waals surface area (Å²) in [6.07, 6.45) is -2.05. The number of benzene rings is 6. The maximum atomic E-state index is 15.4. The van der Waals surface area contributed by atoms with E-state index in [0.717, 1.165) is 5.56 Å². The highest BCUT2D eigenvalue weighted by Gasteiger charge is 2.44. The third-order valence-corrected chi connectivity index (χ3v) is 18.3. The molecule has 0 aromatic heterocycles. The maximum Gasteiger partial charge on any atom is 0.408 e. The molecule has 0 aliphatic carbocycles. The van der Waals surface area contributed by atoms with Crippen molar-refractivity contribution in [1.82, 2.24) is 26.6 Å². The van der Waals surface area contributed by atoms with Crippen molar-refractivity contribution in [3.8, 4) is 40.2 Å². The van der Waals surface area contributed by atoms with E-state index < -0.39 is 74.1 Å². The number of carbonyl (C=O) groups is 5. The van der Waals surface area contributed by atoms with Gasteiger partial charge in [-0.2, -0.15) is 0 Å². The number of fused-ring (bicyclic) bond motifs is 9. The van der Waals surface area contributed by atoms with E-state index in [2.05, 4.69) is 26.6 Å². The lowest BCUT2D eigenvalue weighted by atomic mass is 9.98. The first-order valence-corrected chi connectivity index (χ1v) is 28.1. The van der Waals surface area contributed by atoms with Crippen molar-refractivity contribution in [2.24, 2.45) is 0 Å². The predicted molar refractivity (Wildman–Crippen MR) is 294 cm³/mol. The van der Waals surface area contributed by atoms with Crippen LogP contribution >= 0.6 is 0 Å². The average molecular weight is 1080 g/mol. The van der Waals surface area contributed by atoms with Crippen molar-refractivity contribution in [2.45, 2.75) is 89.3 Å². The largest absolute Gasteiger partial charge is 0.504 e. The summed E-state index contributed by atoms with van der Waals surface area (Å²) in [5, 5.41) is 25.2. The molecule has 6 N–H and O–H groups in total. The summed E-state index contributed by atoms with van der Waals surface area (Å²) in [6, 6.07) is 30.8. The molecule has 4 bridgehead atoms. The fraction of sp³-hybridized carbons (Fsp3) is 0.305. The Morgan fingerprint density at radius 2 is 1.35 bits per heavy atom. The summed E-state index contributed by atoms with van der Waals surface area (Å²) in [7, 11) is 2.95. The van der Waals surface area contributed by atoms with Crippen LogP contribution in [0.4, 0.5) is 4.79 Å². The number of phenolic OH excluding ortho intramolecular Hbond substituents is 1. The minimum absolute atomic E-state index is 0.0448. The molecule has 5 amide bonds. The second-order valence-electron chi connectivity index (χ2n) is 20.1. The van der Waals surface area contributed by atoms with Gasteiger partial charge in [0.2, 0.25) is 29.4 Å². The molecule has 5 atom stereocenters. The van der Waals surface area contributed by atoms with Gasteiger partial charge >= 0.3 is 6.09 Å². The van der Waals surface area contributed by atoms with Gasteiger partial charge in [-0.25, -0.2) is 4.79 Å². The number of nitrogens with one attached hydrogen (secondary N) is 5. The minimum Gasteiger partial charge on any atom is -0.504 e. The molecule has 0 radical (unpaired) electrons. The molecule has 410 valence electrons. The summed E-state index contributed by atoms with van der Waals surface area (Å²) < 4.78 is 42.1. The van der Waals surface area contributed by atoms with Crippen molar-refractivity contribution in [3.63, 3.8) is 0 Å². The van der Waals surface area contributed by atoms with Crippen LogP contribution in [0, 0.1) is 6.92 Å². The van der Waals surface area contributed by atoms with Crippen LogP contribution in [0.5, 0.6) is 40.2 Å². The van der Waals surface area contributed by atoms with E-state index >= 15 is 14.4 Å². The average Bonchev–Trinajstić information content (AvgIpc) is 3.52. The molecule has 0 saturated heterocycles. The monoisotopic (exact) mass is 1080 g/mol. The Morgan fingerprint density at radius 1 is 0.731 bits per heavy atom. The topological polar surface area (TPSA) is 230 Å². The zero-order valence-corrected chi connectivity index (χ0v) is 46.3. The van der Waals surface area contributed by atoms with E-state index in [0.29, 0.717) is 33.9 Å². The zero-order valence-electron chi connectivity index (χ0n) is 45.3. The van der Waals surface area contributed by atoms with E-state index in [9.17, 15) is 14.7 Å². The van der Waals surface area contributed by atoms with Crippen molar-refractivity contribution < 1.29 is 61.9 Å². The predicted octanol–water partition coefficient (Wildman–Crippen LogP) is 9.09. The summed E-state index contributed by atoms with van der Waals surface area (Å²) in [6.45, 7) is 12.0. The lowest BCUT2D eigenvalue weighted by molar-refractivity contribution is -0.135. The van der Waals surface area contributed by atoms with Gasteiger partial charge in [0.1, 0.15) is 60.4 Å². The number of carbonyl (C=O) groups excluding carboxylic acids is 5. The molecular weight excluding hydrogens is 1010 g/mol. The Bertz CT molecular complexity index is 3080. The summed E-state index contributed by atoms with van der Waals surface area (Å²) in [4.78, 5) is 74.0. The molecular formula is C59H67N5O13Si. The molecule has 19 heteroatoms. The van der Waals surface area contributed by atoms with Gasteiger partial charge in [0.05, 0.1) is 27.4 Å². The molecule has 2 heterocycles. The molecule has 0 unspecified atom stereocenters. The highest BCUT2D eigenvalue weighted by atomic mass is 28.4. The molecule has 0 fully saturated rings. The quantitative estimate of drug-likeness (QED) is 0.0498. The van der Waals surface area contributed by atoms with Crippen molar-refractivity contribution in [1.29, 1.82) is 0 Å². The molecule has 6 aromatic rings. The van der Waals surface area contributed by atoms with Crippen molar-refractivity contribution in [2.75, 3.05) is 28.4 Å². The van der Waals surface area contributed by atoms with Gasteiger partial charge in [-0.1, -0.05) is 106 Å². The van der Waals surface area contributed by atoms with Crippen LogP contribution in [0.15, 0.2) is 133 Å². The number of aromatic hydroxyl groups is 1. The number of phenols is 1. The van der Waals surface area contributed by atoms with Gasteiger partial charge in [0, 0.05) is 12.6 Å². The second kappa shape index (κ2) is 25.1. The van der Waals surface area contributed by atoms with Crippen molar-refractivity contribution in [3.05, 3.63) is 172 Å². The number of rotatable bonds is 16. The first kappa shape index (κ1) is 57.2. The third kappa shape index (κ3) is 13.7. The fourth-order valence-corrected chi connectivity index (χ4v) is 9.64. The standard InChI is InChI=1S/C59H67N5O13Si/c1-35-45(72-7)30-41(31-46(35)74-33-36-17-13-11-14-18-36)50(64-58(70)75-34-37-19-15-12-16-20-37)57(69)62-49-40-29-44(65)53(73-8)47(32-40)76-43-27-23-39(24-28-43)52(77-78(9,10)59(2,3)4)51(54(66)60-5)63-55(67)48(61-56(49)68)38-21-25-42(71-6)26-22-38/h11-32,48-52,65H,33-34H2,1-10H3,(H,60,66)(H,61,68)(H,62,69)(H,63,67)(H,64,70)/t48-,49-,50+,51+,52-/m1/s1. The number of hydrogen-bond acceptors (Lipinski definition) is 13. The van der Waals surface area contributed by atoms with Crippen LogP contribution in [-0.4, -0.2) is 77.6 Å². The molecule has 2 aliphatic heterocycles. The highest BCUT2D eigenvalue weighted by Crippen LogP contribution is 2.44. The third-order valence-electron chi connectivity index (χ3n) is 13.8. The summed E-state index contributed by atoms with van der Waals surface area (Å²) in [5.74, 6) is -2.67. The lowest BCUT2D eigenvalue weighted by Crippen LogP contribution is -2.56. The maximum absolute atomic E-state index is 15.4. The molecule has 6 aromatic carbocycles. The van der Waals surface area contributed by atoms with E-state index in [1.165, 1.54) is 40.5 Å². The first-order valence-electron chi connectivity index (χ1n) is 25.2. The number of alkyl carbamates (subject to hydrolysis) is 1. The smallest absolute Gasteiger partial charge is 0.408 e. The normalized spacial score (nSPS) is 17.0. The first-order chi connectivity index (χ1) is 37.2. The highest BCUT2D eigenvalue weighted by molar-refractivity contribution is 6.74. The zero-order chi connectivity index (χ0) is 56.3. The number of hydrogen-bond donors (Lipinski definition) is 6. The number of ether oxygens (including phenoxy) is 6. The van der Waals surface area contributed by atoms with E-state index in [1.807, 2.05) is 70.3 Å². The van der Waals surface area contributed by atoms with Crippen LogP contribution in [-0.2, 0) is 41.6 Å². The van der Waals surface area contributed by atoms with Crippen LogP contribution in [0.1, 0.15) is 83.9 Å². The number of likely N-dealkylation sites (N-methyl/N-ethyl adjacent to an activating group) is 1. The van der Waals surface area contributed by atoms with Crippen LogP contribution in [0.25, 0.3) is 0 Å². The Morgan fingerprint density at radius 3 is 1.94 bits per heavy atom. The van der Waals surface area contributed by atoms with Gasteiger partial charge in [-0.3, -0.25) is 19.2 Å². The van der Waals surface area contributed by atoms with Gasteiger partial charge in [-0.15, -0.1) is 0 Å².